The van der Waals surface area contributed by atoms with E-state index in [4.69, 9.17) is 12.2 Å². The van der Waals surface area contributed by atoms with Crippen LogP contribution in [0.5, 0.6) is 0 Å². The van der Waals surface area contributed by atoms with Crippen LogP contribution in [0.15, 0.2) is 30.3 Å². The number of nitrogens with one attached hydrogen (secondary N) is 1. The maximum atomic E-state index is 5.31. The lowest BCUT2D eigenvalue weighted by Gasteiger charge is -2.07. The first kappa shape index (κ1) is 16.5. The molecule has 0 aromatic heterocycles. The lowest BCUT2D eigenvalue weighted by atomic mass is 10.1. The molecule has 1 N–H and O–H groups in total. The molecule has 1 rings (SSSR count). The van der Waals surface area contributed by atoms with Crippen LogP contribution in [0.4, 0.5) is 0 Å². The summed E-state index contributed by atoms with van der Waals surface area (Å²) in [6.45, 7) is 3.27. The van der Waals surface area contributed by atoms with E-state index in [1.54, 1.807) is 11.8 Å². The molecule has 0 saturated heterocycles. The second-order valence-corrected chi connectivity index (χ2v) is 6.48. The largest absolute Gasteiger partial charge is 0.371 e. The standard InChI is InChI=1S/C16H25NS2/c1-2-3-4-8-13-17-16(18)19-14-9-12-15-10-6-5-7-11-15/h5-7,10-11H,2-4,8-9,12-14H2,1H3,(H,17,18). The van der Waals surface area contributed by atoms with Gasteiger partial charge in [0.15, 0.2) is 0 Å². The molecule has 0 aliphatic heterocycles. The highest BCUT2D eigenvalue weighted by Gasteiger charge is 1.98. The number of rotatable bonds is 9. The van der Waals surface area contributed by atoms with E-state index in [-0.39, 0.29) is 0 Å². The van der Waals surface area contributed by atoms with E-state index in [1.807, 2.05) is 0 Å². The Balaban J connectivity index is 1.95. The van der Waals surface area contributed by atoms with Crippen molar-refractivity contribution < 1.29 is 0 Å². The quantitative estimate of drug-likeness (QED) is 0.519. The maximum Gasteiger partial charge on any atom is 0.133 e. The van der Waals surface area contributed by atoms with Crippen LogP contribution < -0.4 is 5.32 Å². The van der Waals surface area contributed by atoms with E-state index in [2.05, 4.69) is 42.6 Å². The Morgan fingerprint density at radius 1 is 1.11 bits per heavy atom. The topological polar surface area (TPSA) is 12.0 Å². The van der Waals surface area contributed by atoms with Crippen LogP contribution in [-0.4, -0.2) is 16.6 Å². The summed E-state index contributed by atoms with van der Waals surface area (Å²) in [5.41, 5.74) is 1.42. The van der Waals surface area contributed by atoms with Crippen molar-refractivity contribution in [3.8, 4) is 0 Å². The van der Waals surface area contributed by atoms with Gasteiger partial charge in [0, 0.05) is 12.3 Å². The van der Waals surface area contributed by atoms with E-state index < -0.39 is 0 Å². The molecular formula is C16H25NS2. The first-order chi connectivity index (χ1) is 9.33. The molecule has 0 aliphatic carbocycles. The average Bonchev–Trinajstić information content (AvgIpc) is 2.44. The molecule has 0 spiro atoms. The van der Waals surface area contributed by atoms with Crippen LogP contribution in [0.25, 0.3) is 0 Å². The van der Waals surface area contributed by atoms with Crippen molar-refractivity contribution in [2.75, 3.05) is 12.3 Å². The van der Waals surface area contributed by atoms with Crippen LogP contribution in [0.1, 0.15) is 44.6 Å². The summed E-state index contributed by atoms with van der Waals surface area (Å²) < 4.78 is 0.963. The fourth-order valence-electron chi connectivity index (χ4n) is 1.88. The molecule has 1 aromatic rings. The second-order valence-electron chi connectivity index (χ2n) is 4.71. The fraction of sp³-hybridized carbons (Fsp3) is 0.562. The minimum atomic E-state index is 0.963. The first-order valence-corrected chi connectivity index (χ1v) is 8.67. The predicted molar refractivity (Wildman–Crippen MR) is 92.0 cm³/mol. The number of benzene rings is 1. The summed E-state index contributed by atoms with van der Waals surface area (Å²) in [4.78, 5) is 0. The van der Waals surface area contributed by atoms with E-state index in [9.17, 15) is 0 Å². The molecule has 0 saturated carbocycles. The number of hydrogen-bond acceptors (Lipinski definition) is 2. The Morgan fingerprint density at radius 3 is 2.63 bits per heavy atom. The zero-order valence-corrected chi connectivity index (χ0v) is 13.5. The van der Waals surface area contributed by atoms with E-state index in [0.29, 0.717) is 0 Å². The Kier molecular flexibility index (Phi) is 9.82. The van der Waals surface area contributed by atoms with Gasteiger partial charge in [0.1, 0.15) is 4.32 Å². The third-order valence-corrected chi connectivity index (χ3v) is 4.38. The highest BCUT2D eigenvalue weighted by molar-refractivity contribution is 8.22. The van der Waals surface area contributed by atoms with Gasteiger partial charge in [0.05, 0.1) is 0 Å². The minimum absolute atomic E-state index is 0.963. The molecule has 0 atom stereocenters. The van der Waals surface area contributed by atoms with Crippen molar-refractivity contribution in [1.29, 1.82) is 0 Å². The third kappa shape index (κ3) is 9.06. The SMILES string of the molecule is CCCCCCNC(=S)SCCCc1ccccc1. The number of unbranched alkanes of at least 4 members (excludes halogenated alkanes) is 3. The molecule has 106 valence electrons. The third-order valence-electron chi connectivity index (χ3n) is 2.99. The number of aryl methyl sites for hydroxylation is 1. The van der Waals surface area contributed by atoms with Gasteiger partial charge in [-0.1, -0.05) is 80.5 Å². The molecule has 3 heteroatoms. The predicted octanol–water partition coefficient (Wildman–Crippen LogP) is 4.81. The van der Waals surface area contributed by atoms with Crippen LogP contribution in [-0.2, 0) is 6.42 Å². The molecule has 19 heavy (non-hydrogen) atoms. The summed E-state index contributed by atoms with van der Waals surface area (Å²) >= 11 is 7.09. The van der Waals surface area contributed by atoms with Crippen LogP contribution >= 0.6 is 24.0 Å². The molecule has 0 bridgehead atoms. The van der Waals surface area contributed by atoms with Crippen LogP contribution in [0.2, 0.25) is 0 Å². The van der Waals surface area contributed by atoms with Gasteiger partial charge >= 0.3 is 0 Å². The van der Waals surface area contributed by atoms with Crippen molar-refractivity contribution in [2.45, 2.75) is 45.4 Å². The van der Waals surface area contributed by atoms with Gasteiger partial charge in [-0.25, -0.2) is 0 Å². The molecule has 0 fully saturated rings. The molecule has 0 amide bonds. The van der Waals surface area contributed by atoms with Crippen molar-refractivity contribution in [3.05, 3.63) is 35.9 Å². The summed E-state index contributed by atoms with van der Waals surface area (Å²) in [5.74, 6) is 1.11. The van der Waals surface area contributed by atoms with Gasteiger partial charge in [-0.2, -0.15) is 0 Å². The normalized spacial score (nSPS) is 10.4. The summed E-state index contributed by atoms with van der Waals surface area (Å²) in [5, 5.41) is 3.33. The Labute approximate surface area is 127 Å². The van der Waals surface area contributed by atoms with Crippen LogP contribution in [0.3, 0.4) is 0 Å². The number of hydrogen-bond donors (Lipinski definition) is 1. The molecule has 1 nitrogen and oxygen atoms in total. The van der Waals surface area contributed by atoms with Gasteiger partial charge < -0.3 is 5.32 Å². The zero-order chi connectivity index (χ0) is 13.8. The smallest absolute Gasteiger partial charge is 0.133 e. The Morgan fingerprint density at radius 2 is 1.89 bits per heavy atom. The molecule has 0 aliphatic rings. The van der Waals surface area contributed by atoms with Crippen molar-refractivity contribution in [2.24, 2.45) is 0 Å². The molecular weight excluding hydrogens is 270 g/mol. The van der Waals surface area contributed by atoms with E-state index >= 15 is 0 Å². The summed E-state index contributed by atoms with van der Waals surface area (Å²) in [6, 6.07) is 10.6. The molecule has 0 unspecified atom stereocenters. The Bertz CT molecular complexity index is 338. The lowest BCUT2D eigenvalue weighted by Crippen LogP contribution is -2.19. The number of thiocarbonyl (C=S) groups is 1. The van der Waals surface area contributed by atoms with Gasteiger partial charge in [0.25, 0.3) is 0 Å². The molecule has 1 aromatic carbocycles. The van der Waals surface area contributed by atoms with E-state index in [1.165, 1.54) is 37.7 Å². The van der Waals surface area contributed by atoms with Gasteiger partial charge in [0.2, 0.25) is 0 Å². The second kappa shape index (κ2) is 11.3. The van der Waals surface area contributed by atoms with E-state index in [0.717, 1.165) is 23.0 Å². The molecule has 0 heterocycles. The summed E-state index contributed by atoms with van der Waals surface area (Å²) in [6.07, 6.45) is 7.50. The zero-order valence-electron chi connectivity index (χ0n) is 11.9. The highest BCUT2D eigenvalue weighted by atomic mass is 32.2. The van der Waals surface area contributed by atoms with Crippen molar-refractivity contribution >= 4 is 28.3 Å². The Hall–Kier alpha value is -0.540. The van der Waals surface area contributed by atoms with Gasteiger partial charge in [-0.05, 0) is 24.8 Å². The fourth-order valence-corrected chi connectivity index (χ4v) is 2.91. The van der Waals surface area contributed by atoms with Crippen LogP contribution in [0, 0.1) is 0 Å². The monoisotopic (exact) mass is 295 g/mol. The average molecular weight is 296 g/mol. The minimum Gasteiger partial charge on any atom is -0.371 e. The lowest BCUT2D eigenvalue weighted by molar-refractivity contribution is 0.657. The van der Waals surface area contributed by atoms with Crippen molar-refractivity contribution in [3.63, 3.8) is 0 Å². The van der Waals surface area contributed by atoms with Gasteiger partial charge in [-0.3, -0.25) is 0 Å². The van der Waals surface area contributed by atoms with Gasteiger partial charge in [-0.15, -0.1) is 0 Å². The summed E-state index contributed by atoms with van der Waals surface area (Å²) in [7, 11) is 0. The maximum absolute atomic E-state index is 5.31. The first-order valence-electron chi connectivity index (χ1n) is 7.27. The highest BCUT2D eigenvalue weighted by Crippen LogP contribution is 2.09. The molecule has 0 radical (unpaired) electrons. The number of thioether (sulfide) groups is 1. The van der Waals surface area contributed by atoms with Crippen molar-refractivity contribution in [1.82, 2.24) is 5.32 Å².